The molecular weight excluding hydrogens is 402 g/mol. The highest BCUT2D eigenvalue weighted by Crippen LogP contribution is 2.30. The molecule has 2 aliphatic rings. The number of benzene rings is 2. The first-order valence-electron chi connectivity index (χ1n) is 11.6. The molecule has 32 heavy (non-hydrogen) atoms. The number of anilines is 1. The average molecular weight is 434 g/mol. The van der Waals surface area contributed by atoms with E-state index in [2.05, 4.69) is 12.1 Å². The number of carbonyl (C=O) groups is 3. The van der Waals surface area contributed by atoms with Gasteiger partial charge in [0.05, 0.1) is 0 Å². The summed E-state index contributed by atoms with van der Waals surface area (Å²) in [5.41, 5.74) is 3.91. The second kappa shape index (κ2) is 9.98. The quantitative estimate of drug-likeness (QED) is 0.702. The summed E-state index contributed by atoms with van der Waals surface area (Å²) in [6.45, 7) is 4.83. The zero-order valence-corrected chi connectivity index (χ0v) is 18.8. The van der Waals surface area contributed by atoms with Gasteiger partial charge in [0.1, 0.15) is 0 Å². The maximum absolute atomic E-state index is 13.0. The van der Waals surface area contributed by atoms with Crippen molar-refractivity contribution in [3.05, 3.63) is 65.2 Å². The molecule has 1 fully saturated rings. The van der Waals surface area contributed by atoms with Crippen LogP contribution in [0.3, 0.4) is 0 Å². The lowest BCUT2D eigenvalue weighted by Gasteiger charge is -2.35. The van der Waals surface area contributed by atoms with Gasteiger partial charge in [0.25, 0.3) is 5.91 Å². The average Bonchev–Trinajstić information content (AvgIpc) is 3.27. The summed E-state index contributed by atoms with van der Waals surface area (Å²) in [5, 5.41) is 0. The first-order chi connectivity index (χ1) is 15.6. The summed E-state index contributed by atoms with van der Waals surface area (Å²) >= 11 is 0. The van der Waals surface area contributed by atoms with E-state index >= 15 is 0 Å². The van der Waals surface area contributed by atoms with Gasteiger partial charge in [-0.15, -0.1) is 0 Å². The van der Waals surface area contributed by atoms with Gasteiger partial charge in [0.15, 0.2) is 0 Å². The van der Waals surface area contributed by atoms with Gasteiger partial charge in [0, 0.05) is 56.8 Å². The Morgan fingerprint density at radius 2 is 1.56 bits per heavy atom. The van der Waals surface area contributed by atoms with Gasteiger partial charge < -0.3 is 14.7 Å². The van der Waals surface area contributed by atoms with Crippen molar-refractivity contribution in [1.29, 1.82) is 0 Å². The maximum atomic E-state index is 13.0. The molecule has 4 rings (SSSR count). The zero-order valence-electron chi connectivity index (χ0n) is 18.8. The van der Waals surface area contributed by atoms with Gasteiger partial charge >= 0.3 is 0 Å². The minimum atomic E-state index is 0.00393. The van der Waals surface area contributed by atoms with E-state index in [1.807, 2.05) is 58.0 Å². The standard InChI is InChI=1S/C26H31N3O3/c1-2-24(30)29-14-13-21-19-22(11-12-23(21)29)26(32)28-17-15-27(16-18-28)25(31)10-6-9-20-7-4-3-5-8-20/h3-5,7-8,11-12,19H,2,6,9-10,13-18H2,1H3. The molecule has 0 unspecified atom stereocenters. The molecule has 0 spiro atoms. The van der Waals surface area contributed by atoms with Gasteiger partial charge in [0.2, 0.25) is 11.8 Å². The van der Waals surface area contributed by atoms with E-state index in [1.165, 1.54) is 5.56 Å². The molecule has 0 radical (unpaired) electrons. The van der Waals surface area contributed by atoms with Crippen molar-refractivity contribution in [3.8, 4) is 0 Å². The molecule has 0 aromatic heterocycles. The summed E-state index contributed by atoms with van der Waals surface area (Å²) in [6, 6.07) is 15.9. The maximum Gasteiger partial charge on any atom is 0.253 e. The van der Waals surface area contributed by atoms with Gasteiger partial charge in [-0.2, -0.15) is 0 Å². The van der Waals surface area contributed by atoms with Crippen LogP contribution in [0.25, 0.3) is 0 Å². The van der Waals surface area contributed by atoms with Gasteiger partial charge in [-0.1, -0.05) is 37.3 Å². The highest BCUT2D eigenvalue weighted by Gasteiger charge is 2.27. The highest BCUT2D eigenvalue weighted by molar-refractivity contribution is 5.98. The van der Waals surface area contributed by atoms with E-state index in [1.54, 1.807) is 0 Å². The molecule has 0 bridgehead atoms. The van der Waals surface area contributed by atoms with Crippen molar-refractivity contribution in [2.75, 3.05) is 37.6 Å². The van der Waals surface area contributed by atoms with Gasteiger partial charge in [-0.3, -0.25) is 14.4 Å². The molecule has 6 nitrogen and oxygen atoms in total. The Hall–Kier alpha value is -3.15. The number of amides is 3. The molecule has 168 valence electrons. The summed E-state index contributed by atoms with van der Waals surface area (Å²) in [6.07, 6.45) is 3.56. The largest absolute Gasteiger partial charge is 0.339 e. The van der Waals surface area contributed by atoms with E-state index in [-0.39, 0.29) is 17.7 Å². The lowest BCUT2D eigenvalue weighted by Crippen LogP contribution is -2.50. The Balaban J connectivity index is 1.27. The Morgan fingerprint density at radius 3 is 2.28 bits per heavy atom. The third-order valence-corrected chi connectivity index (χ3v) is 6.44. The molecule has 0 saturated carbocycles. The van der Waals surface area contributed by atoms with Gasteiger partial charge in [-0.25, -0.2) is 0 Å². The van der Waals surface area contributed by atoms with Crippen LogP contribution in [0.4, 0.5) is 5.69 Å². The van der Waals surface area contributed by atoms with Crippen LogP contribution < -0.4 is 4.90 Å². The molecule has 1 saturated heterocycles. The van der Waals surface area contributed by atoms with Crippen molar-refractivity contribution >= 4 is 23.4 Å². The fourth-order valence-electron chi connectivity index (χ4n) is 4.57. The molecule has 2 aromatic rings. The van der Waals surface area contributed by atoms with Crippen molar-refractivity contribution in [1.82, 2.24) is 9.80 Å². The number of fused-ring (bicyclic) bond motifs is 1. The molecule has 0 aliphatic carbocycles. The van der Waals surface area contributed by atoms with E-state index in [0.29, 0.717) is 51.1 Å². The molecular formula is C26H31N3O3. The second-order valence-corrected chi connectivity index (χ2v) is 8.50. The number of hydrogen-bond acceptors (Lipinski definition) is 3. The molecule has 0 atom stereocenters. The number of carbonyl (C=O) groups excluding carboxylic acids is 3. The summed E-state index contributed by atoms with van der Waals surface area (Å²) < 4.78 is 0. The molecule has 2 aliphatic heterocycles. The second-order valence-electron chi connectivity index (χ2n) is 8.50. The molecule has 2 heterocycles. The highest BCUT2D eigenvalue weighted by atomic mass is 16.2. The summed E-state index contributed by atoms with van der Waals surface area (Å²) in [4.78, 5) is 43.2. The van der Waals surface area contributed by atoms with Crippen molar-refractivity contribution in [2.24, 2.45) is 0 Å². The normalized spacial score (nSPS) is 15.6. The van der Waals surface area contributed by atoms with Crippen LogP contribution in [-0.2, 0) is 22.4 Å². The number of piperazine rings is 1. The Kier molecular flexibility index (Phi) is 6.88. The molecule has 3 amide bonds. The van der Waals surface area contributed by atoms with E-state index in [9.17, 15) is 14.4 Å². The van der Waals surface area contributed by atoms with E-state index in [4.69, 9.17) is 0 Å². The summed E-state index contributed by atoms with van der Waals surface area (Å²) in [5.74, 6) is 0.294. The molecule has 6 heteroatoms. The number of aryl methyl sites for hydroxylation is 1. The monoisotopic (exact) mass is 433 g/mol. The topological polar surface area (TPSA) is 60.9 Å². The molecule has 0 N–H and O–H groups in total. The summed E-state index contributed by atoms with van der Waals surface area (Å²) in [7, 11) is 0. The Morgan fingerprint density at radius 1 is 0.844 bits per heavy atom. The minimum Gasteiger partial charge on any atom is -0.339 e. The minimum absolute atomic E-state index is 0.00393. The third kappa shape index (κ3) is 4.85. The molecule has 2 aromatic carbocycles. The fourth-order valence-corrected chi connectivity index (χ4v) is 4.57. The number of hydrogen-bond donors (Lipinski definition) is 0. The smallest absolute Gasteiger partial charge is 0.253 e. The Labute approximate surface area is 189 Å². The zero-order chi connectivity index (χ0) is 22.5. The van der Waals surface area contributed by atoms with Crippen LogP contribution >= 0.6 is 0 Å². The van der Waals surface area contributed by atoms with Crippen LogP contribution in [0.15, 0.2) is 48.5 Å². The van der Waals surface area contributed by atoms with E-state index in [0.717, 1.165) is 30.5 Å². The van der Waals surface area contributed by atoms with Crippen molar-refractivity contribution in [3.63, 3.8) is 0 Å². The fraction of sp³-hybridized carbons (Fsp3) is 0.423. The predicted octanol–water partition coefficient (Wildman–Crippen LogP) is 3.29. The van der Waals surface area contributed by atoms with Crippen molar-refractivity contribution in [2.45, 2.75) is 39.0 Å². The Bertz CT molecular complexity index is 981. The number of nitrogens with zero attached hydrogens (tertiary/aromatic N) is 3. The third-order valence-electron chi connectivity index (χ3n) is 6.44. The van der Waals surface area contributed by atoms with Crippen LogP contribution in [0.5, 0.6) is 0 Å². The van der Waals surface area contributed by atoms with Crippen LogP contribution in [-0.4, -0.2) is 60.2 Å². The first-order valence-corrected chi connectivity index (χ1v) is 11.6. The van der Waals surface area contributed by atoms with Gasteiger partial charge in [-0.05, 0) is 48.6 Å². The van der Waals surface area contributed by atoms with Crippen LogP contribution in [0.1, 0.15) is 47.7 Å². The van der Waals surface area contributed by atoms with Crippen LogP contribution in [0.2, 0.25) is 0 Å². The number of rotatable bonds is 6. The SMILES string of the molecule is CCC(=O)N1CCc2cc(C(=O)N3CCN(C(=O)CCCc4ccccc4)CC3)ccc21. The predicted molar refractivity (Wildman–Crippen MR) is 125 cm³/mol. The first kappa shape index (κ1) is 22.1. The lowest BCUT2D eigenvalue weighted by molar-refractivity contribution is -0.132. The van der Waals surface area contributed by atoms with Crippen LogP contribution in [0, 0.1) is 0 Å². The van der Waals surface area contributed by atoms with Crippen molar-refractivity contribution < 1.29 is 14.4 Å². The van der Waals surface area contributed by atoms with E-state index < -0.39 is 0 Å². The lowest BCUT2D eigenvalue weighted by atomic mass is 10.1.